The van der Waals surface area contributed by atoms with Crippen LogP contribution in [-0.4, -0.2) is 57.1 Å². The molecule has 1 fully saturated rings. The van der Waals surface area contributed by atoms with Crippen LogP contribution in [-0.2, 0) is 11.5 Å². The Morgan fingerprint density at radius 3 is 2.76 bits per heavy atom. The highest BCUT2D eigenvalue weighted by Gasteiger charge is 2.33. The molecule has 42 heavy (non-hydrogen) atoms. The number of nitriles is 2. The molecule has 1 aliphatic heterocycles. The normalized spacial score (nSPS) is 16.8. The lowest BCUT2D eigenvalue weighted by atomic mass is 9.96. The maximum absolute atomic E-state index is 14.2. The zero-order valence-electron chi connectivity index (χ0n) is 24.5. The summed E-state index contributed by atoms with van der Waals surface area (Å²) in [5.41, 5.74) is 3.03. The molecule has 0 amide bonds. The van der Waals surface area contributed by atoms with E-state index in [0.717, 1.165) is 41.4 Å². The molecule has 1 unspecified atom stereocenters. The van der Waals surface area contributed by atoms with Crippen LogP contribution in [0.2, 0.25) is 25.7 Å². The molecule has 1 saturated heterocycles. The molecule has 4 aromatic heterocycles. The number of rotatable bonds is 11. The predicted octanol–water partition coefficient (Wildman–Crippen LogP) is 5.89. The maximum atomic E-state index is 14.2. The minimum Gasteiger partial charge on any atom is -0.361 e. The average Bonchev–Trinajstić information content (AvgIpc) is 3.73. The third-order valence-corrected chi connectivity index (χ3v) is 9.57. The second-order valence-corrected chi connectivity index (χ2v) is 17.7. The highest BCUT2D eigenvalue weighted by Crippen LogP contribution is 2.36. The van der Waals surface area contributed by atoms with Crippen LogP contribution in [0.25, 0.3) is 22.3 Å². The molecule has 0 spiro atoms. The second kappa shape index (κ2) is 12.4. The van der Waals surface area contributed by atoms with E-state index in [0.29, 0.717) is 31.2 Å². The number of pyridine rings is 1. The smallest absolute Gasteiger partial charge is 0.146 e. The van der Waals surface area contributed by atoms with Gasteiger partial charge in [-0.25, -0.2) is 19.3 Å². The molecule has 12 heteroatoms. The molecule has 0 saturated carbocycles. The van der Waals surface area contributed by atoms with Crippen LogP contribution >= 0.6 is 0 Å². The van der Waals surface area contributed by atoms with Crippen LogP contribution in [0, 0.1) is 28.6 Å². The lowest BCUT2D eigenvalue weighted by Crippen LogP contribution is -2.26. The van der Waals surface area contributed by atoms with Gasteiger partial charge in [-0.1, -0.05) is 19.6 Å². The van der Waals surface area contributed by atoms with Crippen molar-refractivity contribution in [2.45, 2.75) is 64.4 Å². The van der Waals surface area contributed by atoms with Gasteiger partial charge >= 0.3 is 0 Å². The average molecular weight is 586 g/mol. The number of halogens is 1. The Hall–Kier alpha value is -4.13. The van der Waals surface area contributed by atoms with Gasteiger partial charge in [0.2, 0.25) is 0 Å². The summed E-state index contributed by atoms with van der Waals surface area (Å²) >= 11 is 0. The van der Waals surface area contributed by atoms with Crippen molar-refractivity contribution in [2.24, 2.45) is 5.92 Å². The van der Waals surface area contributed by atoms with Crippen molar-refractivity contribution >= 4 is 24.9 Å². The van der Waals surface area contributed by atoms with Gasteiger partial charge in [0.15, 0.2) is 0 Å². The summed E-state index contributed by atoms with van der Waals surface area (Å²) in [7, 11) is -1.16. The van der Waals surface area contributed by atoms with Crippen molar-refractivity contribution in [2.75, 3.05) is 24.6 Å². The van der Waals surface area contributed by atoms with E-state index in [1.165, 1.54) is 6.92 Å². The van der Waals surface area contributed by atoms with E-state index in [2.05, 4.69) is 51.8 Å². The highest BCUT2D eigenvalue weighted by molar-refractivity contribution is 6.76. The molecule has 4 aromatic rings. The van der Waals surface area contributed by atoms with E-state index in [-0.39, 0.29) is 23.9 Å². The first-order chi connectivity index (χ1) is 20.2. The van der Waals surface area contributed by atoms with Crippen molar-refractivity contribution in [1.82, 2.24) is 29.3 Å². The number of hydrogen-bond donors (Lipinski definition) is 0. The largest absolute Gasteiger partial charge is 0.361 e. The minimum atomic E-state index is -1.26. The van der Waals surface area contributed by atoms with Crippen LogP contribution in [0.4, 0.5) is 10.2 Å². The quantitative estimate of drug-likeness (QED) is 0.158. The molecule has 3 atom stereocenters. The number of alkyl halides is 1. The minimum absolute atomic E-state index is 0.0945. The van der Waals surface area contributed by atoms with Gasteiger partial charge in [-0.05, 0) is 31.5 Å². The summed E-state index contributed by atoms with van der Waals surface area (Å²) in [5, 5.41) is 25.0. The maximum Gasteiger partial charge on any atom is 0.146 e. The zero-order chi connectivity index (χ0) is 29.9. The lowest BCUT2D eigenvalue weighted by molar-refractivity contribution is 0.0899. The standard InChI is InChI=1S/C30H36FN9OSi/c1-21(31)24-6-10-34-30(26(24)15-33)38-11-7-22(17-38)27(5-9-32)40-18-23(16-37-40)28-25-8-12-39(29(25)36-19-35-28)20-41-13-14-42(2,3)4/h6,8,10,12,16,18-19,21-22,27H,5,7,11,13-14,17,20H2,1-4H3/t21?,22-,27-/m0/s1. The second-order valence-electron chi connectivity index (χ2n) is 12.1. The van der Waals surface area contributed by atoms with Crippen LogP contribution < -0.4 is 4.90 Å². The molecular weight excluding hydrogens is 549 g/mol. The number of nitrogens with zero attached hydrogens (tertiary/aromatic N) is 9. The predicted molar refractivity (Wildman–Crippen MR) is 161 cm³/mol. The van der Waals surface area contributed by atoms with Gasteiger partial charge in [0, 0.05) is 68.8 Å². The van der Waals surface area contributed by atoms with E-state index in [1.807, 2.05) is 32.6 Å². The fourth-order valence-electron chi connectivity index (χ4n) is 5.54. The molecule has 10 nitrogen and oxygen atoms in total. The molecule has 0 radical (unpaired) electrons. The third kappa shape index (κ3) is 6.20. The monoisotopic (exact) mass is 585 g/mol. The van der Waals surface area contributed by atoms with Crippen molar-refractivity contribution in [3.63, 3.8) is 0 Å². The molecule has 5 heterocycles. The van der Waals surface area contributed by atoms with Gasteiger partial charge in [-0.2, -0.15) is 15.6 Å². The number of anilines is 1. The van der Waals surface area contributed by atoms with Crippen molar-refractivity contribution in [3.05, 3.63) is 54.4 Å². The Bertz CT molecular complexity index is 1630. The summed E-state index contributed by atoms with van der Waals surface area (Å²) in [5.74, 6) is 0.591. The van der Waals surface area contributed by atoms with E-state index in [9.17, 15) is 14.9 Å². The van der Waals surface area contributed by atoms with Crippen molar-refractivity contribution in [1.29, 1.82) is 10.5 Å². The summed E-state index contributed by atoms with van der Waals surface area (Å²) in [6.45, 7) is 10.8. The fraction of sp³-hybridized carbons (Fsp3) is 0.467. The lowest BCUT2D eigenvalue weighted by Gasteiger charge is -2.24. The Labute approximate surface area is 246 Å². The summed E-state index contributed by atoms with van der Waals surface area (Å²) in [6, 6.07) is 8.95. The molecule has 5 rings (SSSR count). The molecule has 0 N–H and O–H groups in total. The first kappa shape index (κ1) is 29.4. The summed E-state index contributed by atoms with van der Waals surface area (Å²) in [6.07, 6.45) is 8.61. The number of fused-ring (bicyclic) bond motifs is 1. The molecular formula is C30H36FN9OSi. The van der Waals surface area contributed by atoms with Crippen LogP contribution in [0.5, 0.6) is 0 Å². The van der Waals surface area contributed by atoms with Gasteiger partial charge in [0.05, 0.1) is 30.4 Å². The Balaban J connectivity index is 1.34. The van der Waals surface area contributed by atoms with E-state index >= 15 is 0 Å². The van der Waals surface area contributed by atoms with E-state index in [4.69, 9.17) is 4.74 Å². The highest BCUT2D eigenvalue weighted by atomic mass is 28.3. The molecule has 0 aromatic carbocycles. The van der Waals surface area contributed by atoms with Crippen LogP contribution in [0.15, 0.2) is 43.2 Å². The van der Waals surface area contributed by atoms with Gasteiger partial charge in [0.1, 0.15) is 42.3 Å². The summed E-state index contributed by atoms with van der Waals surface area (Å²) in [4.78, 5) is 15.5. The number of ether oxygens (including phenoxy) is 1. The molecule has 0 bridgehead atoms. The van der Waals surface area contributed by atoms with Crippen molar-refractivity contribution in [3.8, 4) is 23.4 Å². The Morgan fingerprint density at radius 2 is 2.02 bits per heavy atom. The number of aromatic nitrogens is 6. The summed E-state index contributed by atoms with van der Waals surface area (Å²) < 4.78 is 24.0. The van der Waals surface area contributed by atoms with Crippen LogP contribution in [0.3, 0.4) is 0 Å². The third-order valence-electron chi connectivity index (χ3n) is 7.87. The molecule has 218 valence electrons. The Kier molecular flexibility index (Phi) is 8.66. The fourth-order valence-corrected chi connectivity index (χ4v) is 6.29. The first-order valence-corrected chi connectivity index (χ1v) is 18.0. The van der Waals surface area contributed by atoms with Crippen molar-refractivity contribution < 1.29 is 9.13 Å². The number of hydrogen-bond acceptors (Lipinski definition) is 8. The van der Waals surface area contributed by atoms with E-state index < -0.39 is 14.2 Å². The zero-order valence-corrected chi connectivity index (χ0v) is 25.5. The van der Waals surface area contributed by atoms with Gasteiger partial charge in [-0.3, -0.25) is 4.68 Å². The van der Waals surface area contributed by atoms with E-state index in [1.54, 1.807) is 24.8 Å². The van der Waals surface area contributed by atoms with Gasteiger partial charge in [0.25, 0.3) is 0 Å². The van der Waals surface area contributed by atoms with Gasteiger partial charge in [-0.15, -0.1) is 0 Å². The molecule has 0 aliphatic carbocycles. The first-order valence-electron chi connectivity index (χ1n) is 14.3. The van der Waals surface area contributed by atoms with Crippen LogP contribution in [0.1, 0.15) is 43.1 Å². The topological polar surface area (TPSA) is 121 Å². The van der Waals surface area contributed by atoms with Gasteiger partial charge < -0.3 is 14.2 Å². The Morgan fingerprint density at radius 1 is 1.19 bits per heavy atom. The SMILES string of the molecule is CC(F)c1ccnc(N2CC[C@H]([C@H](CC#N)n3cc(-c4ncnc5c4ccn5COCC[Si](C)(C)C)cn3)C2)c1C#N. The molecule has 1 aliphatic rings.